The van der Waals surface area contributed by atoms with E-state index in [2.05, 4.69) is 9.88 Å². The SMILES string of the molecule is O=C(c1ccc(=O)[nH]c1)N(CCN1CCOCC1)C1CCOCC1. The first kappa shape index (κ1) is 17.1. The van der Waals surface area contributed by atoms with Crippen molar-refractivity contribution in [1.29, 1.82) is 0 Å². The highest BCUT2D eigenvalue weighted by Crippen LogP contribution is 2.17. The number of carbonyl (C=O) groups excluding carboxylic acids is 1. The molecule has 0 unspecified atom stereocenters. The second-order valence-electron chi connectivity index (χ2n) is 6.24. The van der Waals surface area contributed by atoms with Crippen molar-refractivity contribution in [2.75, 3.05) is 52.6 Å². The predicted octanol–water partition coefficient (Wildman–Crippen LogP) is 0.328. The lowest BCUT2D eigenvalue weighted by Crippen LogP contribution is -2.48. The maximum atomic E-state index is 12.9. The number of amides is 1. The topological polar surface area (TPSA) is 74.9 Å². The molecule has 3 rings (SSSR count). The van der Waals surface area contributed by atoms with Gasteiger partial charge in [-0.1, -0.05) is 0 Å². The van der Waals surface area contributed by atoms with E-state index in [4.69, 9.17) is 9.47 Å². The molecule has 1 aromatic heterocycles. The Bertz CT molecular complexity index is 571. The van der Waals surface area contributed by atoms with Crippen molar-refractivity contribution in [2.24, 2.45) is 0 Å². The number of rotatable bonds is 5. The van der Waals surface area contributed by atoms with Crippen LogP contribution in [0.4, 0.5) is 0 Å². The Morgan fingerprint density at radius 1 is 1.17 bits per heavy atom. The molecule has 0 spiro atoms. The molecule has 0 radical (unpaired) electrons. The number of nitrogens with one attached hydrogen (secondary N) is 1. The minimum absolute atomic E-state index is 0.0218. The number of morpholine rings is 1. The van der Waals surface area contributed by atoms with Gasteiger partial charge in [-0.3, -0.25) is 14.5 Å². The average molecular weight is 335 g/mol. The molecule has 1 aromatic rings. The van der Waals surface area contributed by atoms with Crippen LogP contribution in [0.2, 0.25) is 0 Å². The number of H-pyrrole nitrogens is 1. The van der Waals surface area contributed by atoms with Crippen molar-refractivity contribution in [3.8, 4) is 0 Å². The molecule has 2 fully saturated rings. The first-order valence-corrected chi connectivity index (χ1v) is 8.61. The third-order valence-electron chi connectivity index (χ3n) is 4.68. The number of carbonyl (C=O) groups is 1. The first-order chi connectivity index (χ1) is 11.7. The van der Waals surface area contributed by atoms with Crippen LogP contribution >= 0.6 is 0 Å². The number of aromatic nitrogens is 1. The zero-order chi connectivity index (χ0) is 16.8. The highest BCUT2D eigenvalue weighted by atomic mass is 16.5. The van der Waals surface area contributed by atoms with Crippen molar-refractivity contribution in [3.05, 3.63) is 34.2 Å². The highest BCUT2D eigenvalue weighted by molar-refractivity contribution is 5.94. The molecule has 132 valence electrons. The molecular formula is C17H25N3O4. The summed E-state index contributed by atoms with van der Waals surface area (Å²) in [4.78, 5) is 31.0. The Kier molecular flexibility index (Phi) is 6.01. The van der Waals surface area contributed by atoms with Gasteiger partial charge in [-0.05, 0) is 18.9 Å². The number of hydrogen-bond acceptors (Lipinski definition) is 5. The van der Waals surface area contributed by atoms with Gasteiger partial charge in [0.15, 0.2) is 0 Å². The van der Waals surface area contributed by atoms with Gasteiger partial charge < -0.3 is 19.4 Å². The highest BCUT2D eigenvalue weighted by Gasteiger charge is 2.27. The third kappa shape index (κ3) is 4.43. The molecule has 0 aromatic carbocycles. The summed E-state index contributed by atoms with van der Waals surface area (Å²) in [7, 11) is 0. The van der Waals surface area contributed by atoms with E-state index in [0.717, 1.165) is 45.7 Å². The van der Waals surface area contributed by atoms with Crippen LogP contribution in [0.25, 0.3) is 0 Å². The minimum Gasteiger partial charge on any atom is -0.381 e. The first-order valence-electron chi connectivity index (χ1n) is 8.61. The Morgan fingerprint density at radius 2 is 1.88 bits per heavy atom. The van der Waals surface area contributed by atoms with Gasteiger partial charge in [0, 0.05) is 57.7 Å². The molecule has 0 aliphatic carbocycles. The van der Waals surface area contributed by atoms with E-state index in [9.17, 15) is 9.59 Å². The largest absolute Gasteiger partial charge is 0.381 e. The van der Waals surface area contributed by atoms with Crippen molar-refractivity contribution in [2.45, 2.75) is 18.9 Å². The Hall–Kier alpha value is -1.70. The van der Waals surface area contributed by atoms with Gasteiger partial charge in [-0.15, -0.1) is 0 Å². The summed E-state index contributed by atoms with van der Waals surface area (Å²) in [6.45, 7) is 6.24. The van der Waals surface area contributed by atoms with E-state index in [0.29, 0.717) is 25.3 Å². The zero-order valence-corrected chi connectivity index (χ0v) is 13.9. The van der Waals surface area contributed by atoms with Gasteiger partial charge in [0.25, 0.3) is 5.91 Å². The molecule has 0 atom stereocenters. The van der Waals surface area contributed by atoms with Gasteiger partial charge in [0.05, 0.1) is 18.8 Å². The second-order valence-corrected chi connectivity index (χ2v) is 6.24. The quantitative estimate of drug-likeness (QED) is 0.839. The summed E-state index contributed by atoms with van der Waals surface area (Å²) in [5.41, 5.74) is 0.334. The summed E-state index contributed by atoms with van der Waals surface area (Å²) in [5, 5.41) is 0. The summed E-state index contributed by atoms with van der Waals surface area (Å²) in [6, 6.07) is 3.19. The molecule has 1 N–H and O–H groups in total. The van der Waals surface area contributed by atoms with E-state index in [1.807, 2.05) is 4.90 Å². The summed E-state index contributed by atoms with van der Waals surface area (Å²) in [6.07, 6.45) is 3.22. The Labute approximate surface area is 141 Å². The normalized spacial score (nSPS) is 20.0. The second kappa shape index (κ2) is 8.41. The van der Waals surface area contributed by atoms with E-state index in [-0.39, 0.29) is 17.5 Å². The summed E-state index contributed by atoms with van der Waals surface area (Å²) >= 11 is 0. The van der Waals surface area contributed by atoms with Crippen LogP contribution < -0.4 is 5.56 Å². The van der Waals surface area contributed by atoms with Crippen LogP contribution in [0.15, 0.2) is 23.1 Å². The monoisotopic (exact) mass is 335 g/mol. The number of hydrogen-bond donors (Lipinski definition) is 1. The minimum atomic E-state index is -0.197. The van der Waals surface area contributed by atoms with Crippen LogP contribution in [0.3, 0.4) is 0 Å². The Morgan fingerprint density at radius 3 is 2.54 bits per heavy atom. The van der Waals surface area contributed by atoms with E-state index >= 15 is 0 Å². The van der Waals surface area contributed by atoms with Gasteiger partial charge in [-0.2, -0.15) is 0 Å². The lowest BCUT2D eigenvalue weighted by molar-refractivity contribution is 0.0141. The van der Waals surface area contributed by atoms with Gasteiger partial charge in [0.1, 0.15) is 0 Å². The van der Waals surface area contributed by atoms with E-state index < -0.39 is 0 Å². The number of pyridine rings is 1. The molecule has 24 heavy (non-hydrogen) atoms. The Balaban J connectivity index is 1.69. The molecule has 0 bridgehead atoms. The maximum absolute atomic E-state index is 12.9. The third-order valence-corrected chi connectivity index (χ3v) is 4.68. The van der Waals surface area contributed by atoms with Gasteiger partial charge in [0.2, 0.25) is 5.56 Å². The molecule has 2 saturated heterocycles. The number of nitrogens with zero attached hydrogens (tertiary/aromatic N) is 2. The standard InChI is InChI=1S/C17H25N3O4/c21-16-2-1-14(13-18-16)17(22)20(15-3-9-23-10-4-15)6-5-19-7-11-24-12-8-19/h1-2,13,15H,3-12H2,(H,18,21). The molecule has 7 heteroatoms. The molecule has 2 aliphatic heterocycles. The summed E-state index contributed by atoms with van der Waals surface area (Å²) < 4.78 is 10.8. The fourth-order valence-corrected chi connectivity index (χ4v) is 3.23. The van der Waals surface area contributed by atoms with Crippen LogP contribution in [-0.4, -0.2) is 79.3 Å². The number of aromatic amines is 1. The van der Waals surface area contributed by atoms with Gasteiger partial charge in [-0.25, -0.2) is 0 Å². The molecule has 7 nitrogen and oxygen atoms in total. The van der Waals surface area contributed by atoms with Crippen LogP contribution in [-0.2, 0) is 9.47 Å². The smallest absolute Gasteiger partial charge is 0.255 e. The summed E-state index contributed by atoms with van der Waals surface area (Å²) in [5.74, 6) is -0.0218. The van der Waals surface area contributed by atoms with Crippen LogP contribution in [0.5, 0.6) is 0 Å². The van der Waals surface area contributed by atoms with E-state index in [1.165, 1.54) is 12.3 Å². The average Bonchev–Trinajstić information content (AvgIpc) is 2.64. The van der Waals surface area contributed by atoms with Gasteiger partial charge >= 0.3 is 0 Å². The maximum Gasteiger partial charge on any atom is 0.255 e. The van der Waals surface area contributed by atoms with Crippen molar-refractivity contribution in [3.63, 3.8) is 0 Å². The number of ether oxygens (including phenoxy) is 2. The molecule has 1 amide bonds. The predicted molar refractivity (Wildman–Crippen MR) is 89.2 cm³/mol. The molecule has 3 heterocycles. The fraction of sp³-hybridized carbons (Fsp3) is 0.647. The lowest BCUT2D eigenvalue weighted by Gasteiger charge is -2.36. The van der Waals surface area contributed by atoms with Crippen molar-refractivity contribution >= 4 is 5.91 Å². The molecule has 2 aliphatic rings. The van der Waals surface area contributed by atoms with E-state index in [1.54, 1.807) is 6.07 Å². The lowest BCUT2D eigenvalue weighted by atomic mass is 10.1. The molecular weight excluding hydrogens is 310 g/mol. The zero-order valence-electron chi connectivity index (χ0n) is 13.9. The van der Waals surface area contributed by atoms with Crippen molar-refractivity contribution in [1.82, 2.24) is 14.8 Å². The fourth-order valence-electron chi connectivity index (χ4n) is 3.23. The van der Waals surface area contributed by atoms with Crippen LogP contribution in [0.1, 0.15) is 23.2 Å². The van der Waals surface area contributed by atoms with Crippen LogP contribution in [0, 0.1) is 0 Å². The van der Waals surface area contributed by atoms with Crippen molar-refractivity contribution < 1.29 is 14.3 Å². The molecule has 0 saturated carbocycles.